The van der Waals surface area contributed by atoms with Crippen molar-refractivity contribution in [2.45, 2.75) is 25.3 Å². The van der Waals surface area contributed by atoms with E-state index in [-0.39, 0.29) is 0 Å². The Morgan fingerprint density at radius 1 is 1.07 bits per heavy atom. The van der Waals surface area contributed by atoms with Gasteiger partial charge in [-0.15, -0.1) is 0 Å². The predicted octanol–water partition coefficient (Wildman–Crippen LogP) is 0.308. The van der Waals surface area contributed by atoms with E-state index in [9.17, 15) is 0 Å². The molecular weight excluding hydrogens is 190 g/mol. The highest BCUT2D eigenvalue weighted by atomic mass is 16.5. The van der Waals surface area contributed by atoms with Crippen molar-refractivity contribution in [1.29, 1.82) is 0 Å². The Morgan fingerprint density at radius 2 is 1.87 bits per heavy atom. The molecule has 0 aromatic carbocycles. The minimum Gasteiger partial charge on any atom is -0.380 e. The van der Waals surface area contributed by atoms with Crippen LogP contribution in [0.2, 0.25) is 0 Å². The van der Waals surface area contributed by atoms with Crippen LogP contribution in [0, 0.1) is 0 Å². The van der Waals surface area contributed by atoms with E-state index in [1.54, 1.807) is 0 Å². The largest absolute Gasteiger partial charge is 0.380 e. The Hall–Kier alpha value is -0.160. The van der Waals surface area contributed by atoms with Crippen LogP contribution in [0.3, 0.4) is 0 Å². The fraction of sp³-hybridized carbons (Fsp3) is 1.00. The Bertz CT molecular complexity index is 173. The highest BCUT2D eigenvalue weighted by molar-refractivity contribution is 4.79. The molecular formula is C11H23N3O. The van der Waals surface area contributed by atoms with E-state index in [2.05, 4.69) is 15.3 Å². The first-order chi connectivity index (χ1) is 7.40. The highest BCUT2D eigenvalue weighted by Gasteiger charge is 2.24. The van der Waals surface area contributed by atoms with E-state index < -0.39 is 0 Å². The number of rotatable bonds is 2. The third kappa shape index (κ3) is 3.14. The number of hydrazine groups is 1. The number of nitrogens with zero attached hydrogens (tertiary/aromatic N) is 2. The van der Waals surface area contributed by atoms with Crippen LogP contribution in [0.25, 0.3) is 0 Å². The lowest BCUT2D eigenvalue weighted by atomic mass is 10.0. The molecule has 0 bridgehead atoms. The smallest absolute Gasteiger partial charge is 0.0593 e. The van der Waals surface area contributed by atoms with Crippen molar-refractivity contribution in [3.8, 4) is 0 Å². The second-order valence-electron chi connectivity index (χ2n) is 4.44. The summed E-state index contributed by atoms with van der Waals surface area (Å²) < 4.78 is 5.49. The molecule has 0 saturated carbocycles. The maximum absolute atomic E-state index is 5.49. The molecule has 1 N–H and O–H groups in total. The topological polar surface area (TPSA) is 27.7 Å². The Labute approximate surface area is 92.5 Å². The fourth-order valence-corrected chi connectivity index (χ4v) is 2.59. The summed E-state index contributed by atoms with van der Waals surface area (Å²) in [6.07, 6.45) is 3.79. The van der Waals surface area contributed by atoms with E-state index in [1.807, 2.05) is 7.05 Å². The van der Waals surface area contributed by atoms with Crippen molar-refractivity contribution < 1.29 is 4.74 Å². The number of nitrogens with one attached hydrogen (secondary N) is 1. The SMILES string of the molecule is CNN1CCC(N2CCCOCC2)CC1. The van der Waals surface area contributed by atoms with Crippen LogP contribution in [0.1, 0.15) is 19.3 Å². The molecule has 88 valence electrons. The molecule has 2 fully saturated rings. The maximum Gasteiger partial charge on any atom is 0.0593 e. The van der Waals surface area contributed by atoms with Gasteiger partial charge in [0, 0.05) is 38.8 Å². The zero-order chi connectivity index (χ0) is 10.5. The van der Waals surface area contributed by atoms with Gasteiger partial charge < -0.3 is 4.74 Å². The lowest BCUT2D eigenvalue weighted by Crippen LogP contribution is -2.49. The summed E-state index contributed by atoms with van der Waals surface area (Å²) in [7, 11) is 2.01. The fourth-order valence-electron chi connectivity index (χ4n) is 2.59. The zero-order valence-electron chi connectivity index (χ0n) is 9.74. The molecule has 2 heterocycles. The molecule has 15 heavy (non-hydrogen) atoms. The molecule has 0 radical (unpaired) electrons. The molecule has 4 heteroatoms. The van der Waals surface area contributed by atoms with Gasteiger partial charge in [0.05, 0.1) is 6.61 Å². The van der Waals surface area contributed by atoms with Crippen molar-refractivity contribution in [1.82, 2.24) is 15.3 Å². The minimum atomic E-state index is 0.788. The summed E-state index contributed by atoms with van der Waals surface area (Å²) in [5, 5.41) is 2.31. The van der Waals surface area contributed by atoms with Crippen LogP contribution in [-0.4, -0.2) is 62.4 Å². The average Bonchev–Trinajstić information content (AvgIpc) is 2.58. The van der Waals surface area contributed by atoms with Gasteiger partial charge in [0.15, 0.2) is 0 Å². The highest BCUT2D eigenvalue weighted by Crippen LogP contribution is 2.16. The van der Waals surface area contributed by atoms with Gasteiger partial charge in [-0.25, -0.2) is 5.01 Å². The molecule has 0 atom stereocenters. The van der Waals surface area contributed by atoms with E-state index >= 15 is 0 Å². The lowest BCUT2D eigenvalue weighted by Gasteiger charge is -2.37. The number of hydrogen-bond donors (Lipinski definition) is 1. The number of piperidine rings is 1. The van der Waals surface area contributed by atoms with Crippen LogP contribution in [0.5, 0.6) is 0 Å². The normalized spacial score (nSPS) is 27.8. The Morgan fingerprint density at radius 3 is 2.60 bits per heavy atom. The summed E-state index contributed by atoms with van der Waals surface area (Å²) in [5.41, 5.74) is 3.23. The van der Waals surface area contributed by atoms with E-state index in [4.69, 9.17) is 4.74 Å². The first kappa shape index (κ1) is 11.3. The second kappa shape index (κ2) is 5.80. The van der Waals surface area contributed by atoms with Gasteiger partial charge in [0.25, 0.3) is 0 Å². The van der Waals surface area contributed by atoms with Gasteiger partial charge in [0.1, 0.15) is 0 Å². The molecule has 0 amide bonds. The molecule has 2 saturated heterocycles. The molecule has 0 spiro atoms. The first-order valence-electron chi connectivity index (χ1n) is 6.14. The van der Waals surface area contributed by atoms with Crippen molar-refractivity contribution >= 4 is 0 Å². The van der Waals surface area contributed by atoms with Crippen molar-refractivity contribution in [3.63, 3.8) is 0 Å². The lowest BCUT2D eigenvalue weighted by molar-refractivity contribution is 0.0794. The van der Waals surface area contributed by atoms with E-state index in [0.717, 1.165) is 25.8 Å². The van der Waals surface area contributed by atoms with Gasteiger partial charge >= 0.3 is 0 Å². The molecule has 2 aliphatic rings. The summed E-state index contributed by atoms with van der Waals surface area (Å²) >= 11 is 0. The second-order valence-corrected chi connectivity index (χ2v) is 4.44. The monoisotopic (exact) mass is 213 g/mol. The van der Waals surface area contributed by atoms with E-state index in [0.29, 0.717) is 0 Å². The van der Waals surface area contributed by atoms with E-state index in [1.165, 1.54) is 38.9 Å². The first-order valence-corrected chi connectivity index (χ1v) is 6.14. The van der Waals surface area contributed by atoms with Crippen LogP contribution < -0.4 is 5.43 Å². The Balaban J connectivity index is 1.78. The summed E-state index contributed by atoms with van der Waals surface area (Å²) in [4.78, 5) is 2.62. The average molecular weight is 213 g/mol. The van der Waals surface area contributed by atoms with Crippen molar-refractivity contribution in [2.24, 2.45) is 0 Å². The molecule has 0 aromatic rings. The van der Waals surface area contributed by atoms with Gasteiger partial charge in [-0.05, 0) is 26.3 Å². The summed E-state index contributed by atoms with van der Waals surface area (Å²) in [6.45, 7) is 6.59. The molecule has 0 unspecified atom stereocenters. The van der Waals surface area contributed by atoms with Gasteiger partial charge in [0.2, 0.25) is 0 Å². The van der Waals surface area contributed by atoms with Gasteiger partial charge in [-0.3, -0.25) is 10.3 Å². The standard InChI is InChI=1S/C11H23N3O/c1-12-14-6-3-11(4-7-14)13-5-2-9-15-10-8-13/h11-12H,2-10H2,1H3. The molecule has 4 nitrogen and oxygen atoms in total. The van der Waals surface area contributed by atoms with Gasteiger partial charge in [-0.1, -0.05) is 0 Å². The number of ether oxygens (including phenoxy) is 1. The maximum atomic E-state index is 5.49. The molecule has 0 aromatic heterocycles. The predicted molar refractivity (Wildman–Crippen MR) is 60.7 cm³/mol. The molecule has 0 aliphatic carbocycles. The number of hydrogen-bond acceptors (Lipinski definition) is 4. The quantitative estimate of drug-likeness (QED) is 0.714. The van der Waals surface area contributed by atoms with Crippen molar-refractivity contribution in [3.05, 3.63) is 0 Å². The summed E-state index contributed by atoms with van der Waals surface area (Å²) in [5.74, 6) is 0. The third-order valence-electron chi connectivity index (χ3n) is 3.55. The minimum absolute atomic E-state index is 0.788. The molecule has 2 rings (SSSR count). The summed E-state index contributed by atoms with van der Waals surface area (Å²) in [6, 6.07) is 0.788. The van der Waals surface area contributed by atoms with Gasteiger partial charge in [-0.2, -0.15) is 0 Å². The van der Waals surface area contributed by atoms with Crippen LogP contribution >= 0.6 is 0 Å². The molecule has 2 aliphatic heterocycles. The van der Waals surface area contributed by atoms with Crippen molar-refractivity contribution in [2.75, 3.05) is 46.4 Å². The van der Waals surface area contributed by atoms with Crippen LogP contribution in [0.15, 0.2) is 0 Å². The Kier molecular flexibility index (Phi) is 4.38. The van der Waals surface area contributed by atoms with Crippen LogP contribution in [-0.2, 0) is 4.74 Å². The zero-order valence-corrected chi connectivity index (χ0v) is 9.74. The third-order valence-corrected chi connectivity index (χ3v) is 3.55. The van der Waals surface area contributed by atoms with Crippen LogP contribution in [0.4, 0.5) is 0 Å².